The van der Waals surface area contributed by atoms with Crippen molar-refractivity contribution in [3.8, 4) is 0 Å². The quantitative estimate of drug-likeness (QED) is 0.830. The molecule has 0 atom stereocenters. The van der Waals surface area contributed by atoms with Crippen LogP contribution in [-0.2, 0) is 11.3 Å². The van der Waals surface area contributed by atoms with Crippen molar-refractivity contribution in [1.29, 1.82) is 0 Å². The number of halogens is 1. The van der Waals surface area contributed by atoms with Crippen LogP contribution in [-0.4, -0.2) is 23.9 Å². The molecule has 0 spiro atoms. The number of para-hydroxylation sites is 1. The molecule has 0 saturated carbocycles. The van der Waals surface area contributed by atoms with Crippen LogP contribution in [0.4, 0.5) is 5.69 Å². The molecule has 0 fully saturated rings. The molecule has 1 N–H and O–H groups in total. The van der Waals surface area contributed by atoms with Gasteiger partial charge in [0.05, 0.1) is 10.7 Å². The summed E-state index contributed by atoms with van der Waals surface area (Å²) in [7, 11) is 0. The molecule has 0 aromatic heterocycles. The molecule has 0 aliphatic heterocycles. The number of nitrogens with zero attached hydrogens (tertiary/aromatic N) is 1. The Morgan fingerprint density at radius 2 is 1.77 bits per heavy atom. The van der Waals surface area contributed by atoms with Crippen LogP contribution in [0.5, 0.6) is 0 Å². The summed E-state index contributed by atoms with van der Waals surface area (Å²) in [5.41, 5.74) is 1.93. The molecule has 0 aliphatic carbocycles. The lowest BCUT2D eigenvalue weighted by molar-refractivity contribution is -0.116. The first-order valence-corrected chi connectivity index (χ1v) is 7.87. The Morgan fingerprint density at radius 3 is 2.45 bits per heavy atom. The second-order valence-corrected chi connectivity index (χ2v) is 5.54. The third-order valence-corrected chi connectivity index (χ3v) is 3.83. The van der Waals surface area contributed by atoms with Gasteiger partial charge in [0, 0.05) is 19.5 Å². The van der Waals surface area contributed by atoms with Gasteiger partial charge in [-0.15, -0.1) is 0 Å². The largest absolute Gasteiger partial charge is 0.325 e. The van der Waals surface area contributed by atoms with Crippen molar-refractivity contribution >= 4 is 23.2 Å². The number of amides is 1. The fourth-order valence-corrected chi connectivity index (χ4v) is 2.41. The lowest BCUT2D eigenvalue weighted by Gasteiger charge is -2.20. The molecule has 0 unspecified atom stereocenters. The molecule has 2 aromatic rings. The number of carbonyl (C=O) groups is 1. The van der Waals surface area contributed by atoms with Gasteiger partial charge in [-0.1, -0.05) is 61.0 Å². The molecule has 0 radical (unpaired) electrons. The number of hydrogen-bond acceptors (Lipinski definition) is 2. The second kappa shape index (κ2) is 8.57. The van der Waals surface area contributed by atoms with Crippen LogP contribution >= 0.6 is 11.6 Å². The summed E-state index contributed by atoms with van der Waals surface area (Å²) in [6.07, 6.45) is 0.450. The first kappa shape index (κ1) is 16.5. The molecule has 2 rings (SSSR count). The molecule has 116 valence electrons. The van der Waals surface area contributed by atoms with Crippen molar-refractivity contribution in [3.63, 3.8) is 0 Å². The van der Waals surface area contributed by atoms with E-state index >= 15 is 0 Å². The standard InChI is InChI=1S/C18H21ClN2O/c1-2-21(14-15-8-4-3-5-9-15)13-12-18(22)20-17-11-7-6-10-16(17)19/h3-11H,2,12-14H2,1H3,(H,20,22). The van der Waals surface area contributed by atoms with Crippen LogP contribution in [0, 0.1) is 0 Å². The van der Waals surface area contributed by atoms with Crippen molar-refractivity contribution in [2.24, 2.45) is 0 Å². The van der Waals surface area contributed by atoms with Crippen LogP contribution in [0.25, 0.3) is 0 Å². The van der Waals surface area contributed by atoms with Crippen LogP contribution in [0.2, 0.25) is 5.02 Å². The molecular weight excluding hydrogens is 296 g/mol. The smallest absolute Gasteiger partial charge is 0.225 e. The summed E-state index contributed by atoms with van der Waals surface area (Å²) >= 11 is 6.04. The third kappa shape index (κ3) is 5.17. The molecular formula is C18H21ClN2O. The highest BCUT2D eigenvalue weighted by molar-refractivity contribution is 6.33. The molecule has 4 heteroatoms. The van der Waals surface area contributed by atoms with Crippen molar-refractivity contribution in [3.05, 3.63) is 65.2 Å². The summed E-state index contributed by atoms with van der Waals surface area (Å²) in [5.74, 6) is -0.0142. The molecule has 2 aromatic carbocycles. The summed E-state index contributed by atoms with van der Waals surface area (Å²) in [6.45, 7) is 4.60. The van der Waals surface area contributed by atoms with Crippen LogP contribution in [0.1, 0.15) is 18.9 Å². The second-order valence-electron chi connectivity index (χ2n) is 5.13. The van der Waals surface area contributed by atoms with Gasteiger partial charge in [-0.05, 0) is 24.2 Å². The highest BCUT2D eigenvalue weighted by atomic mass is 35.5. The number of nitrogens with one attached hydrogen (secondary N) is 1. The number of anilines is 1. The lowest BCUT2D eigenvalue weighted by atomic mass is 10.2. The fourth-order valence-electron chi connectivity index (χ4n) is 2.23. The summed E-state index contributed by atoms with van der Waals surface area (Å²) in [6, 6.07) is 17.6. The monoisotopic (exact) mass is 316 g/mol. The minimum absolute atomic E-state index is 0.0142. The zero-order valence-electron chi connectivity index (χ0n) is 12.8. The van der Waals surface area contributed by atoms with Gasteiger partial charge in [0.1, 0.15) is 0 Å². The number of hydrogen-bond donors (Lipinski definition) is 1. The van der Waals surface area contributed by atoms with Gasteiger partial charge < -0.3 is 5.32 Å². The molecule has 1 amide bonds. The summed E-state index contributed by atoms with van der Waals surface area (Å²) < 4.78 is 0. The normalized spacial score (nSPS) is 10.7. The highest BCUT2D eigenvalue weighted by Crippen LogP contribution is 2.20. The number of benzene rings is 2. The Hall–Kier alpha value is -1.84. The van der Waals surface area contributed by atoms with Gasteiger partial charge in [-0.2, -0.15) is 0 Å². The lowest BCUT2D eigenvalue weighted by Crippen LogP contribution is -2.27. The maximum atomic E-state index is 12.0. The number of carbonyl (C=O) groups excluding carboxylic acids is 1. The predicted molar refractivity (Wildman–Crippen MR) is 92.1 cm³/mol. The van der Waals surface area contributed by atoms with Gasteiger partial charge in [0.25, 0.3) is 0 Å². The highest BCUT2D eigenvalue weighted by Gasteiger charge is 2.09. The zero-order chi connectivity index (χ0) is 15.8. The van der Waals surface area contributed by atoms with E-state index in [1.54, 1.807) is 6.07 Å². The van der Waals surface area contributed by atoms with Gasteiger partial charge in [0.15, 0.2) is 0 Å². The Balaban J connectivity index is 1.83. The van der Waals surface area contributed by atoms with E-state index in [0.717, 1.165) is 19.6 Å². The molecule has 0 aliphatic rings. The number of rotatable bonds is 7. The van der Waals surface area contributed by atoms with E-state index in [-0.39, 0.29) is 5.91 Å². The topological polar surface area (TPSA) is 32.3 Å². The maximum absolute atomic E-state index is 12.0. The van der Waals surface area contributed by atoms with Gasteiger partial charge in [-0.25, -0.2) is 0 Å². The van der Waals surface area contributed by atoms with E-state index in [9.17, 15) is 4.79 Å². The summed E-state index contributed by atoms with van der Waals surface area (Å²) in [5, 5.41) is 3.42. The Bertz CT molecular complexity index is 601. The Morgan fingerprint density at radius 1 is 1.09 bits per heavy atom. The third-order valence-electron chi connectivity index (χ3n) is 3.50. The minimum Gasteiger partial charge on any atom is -0.325 e. The average Bonchev–Trinajstić information content (AvgIpc) is 2.54. The van der Waals surface area contributed by atoms with Crippen molar-refractivity contribution in [2.45, 2.75) is 19.9 Å². The van der Waals surface area contributed by atoms with Crippen LogP contribution in [0.15, 0.2) is 54.6 Å². The van der Waals surface area contributed by atoms with Gasteiger partial charge in [0.2, 0.25) is 5.91 Å². The van der Waals surface area contributed by atoms with Crippen molar-refractivity contribution in [2.75, 3.05) is 18.4 Å². The van der Waals surface area contributed by atoms with Crippen LogP contribution < -0.4 is 5.32 Å². The minimum atomic E-state index is -0.0142. The van der Waals surface area contributed by atoms with E-state index in [0.29, 0.717) is 17.1 Å². The van der Waals surface area contributed by atoms with E-state index < -0.39 is 0 Å². The SMILES string of the molecule is CCN(CCC(=O)Nc1ccccc1Cl)Cc1ccccc1. The molecule has 0 saturated heterocycles. The molecule has 3 nitrogen and oxygen atoms in total. The summed E-state index contributed by atoms with van der Waals surface area (Å²) in [4.78, 5) is 14.3. The molecule has 0 heterocycles. The van der Waals surface area contributed by atoms with E-state index in [1.807, 2.05) is 36.4 Å². The van der Waals surface area contributed by atoms with E-state index in [4.69, 9.17) is 11.6 Å². The van der Waals surface area contributed by atoms with E-state index in [2.05, 4.69) is 29.3 Å². The van der Waals surface area contributed by atoms with Crippen LogP contribution in [0.3, 0.4) is 0 Å². The van der Waals surface area contributed by atoms with Crippen molar-refractivity contribution in [1.82, 2.24) is 4.90 Å². The molecule has 0 bridgehead atoms. The van der Waals surface area contributed by atoms with Gasteiger partial charge >= 0.3 is 0 Å². The Kier molecular flexibility index (Phi) is 6.44. The zero-order valence-corrected chi connectivity index (χ0v) is 13.5. The van der Waals surface area contributed by atoms with Crippen molar-refractivity contribution < 1.29 is 4.79 Å². The first-order chi connectivity index (χ1) is 10.7. The first-order valence-electron chi connectivity index (χ1n) is 7.49. The Labute approximate surface area is 136 Å². The van der Waals surface area contributed by atoms with E-state index in [1.165, 1.54) is 5.56 Å². The van der Waals surface area contributed by atoms with Gasteiger partial charge in [-0.3, -0.25) is 9.69 Å². The molecule has 22 heavy (non-hydrogen) atoms. The maximum Gasteiger partial charge on any atom is 0.225 e. The fraction of sp³-hybridized carbons (Fsp3) is 0.278. The average molecular weight is 317 g/mol. The predicted octanol–water partition coefficient (Wildman–Crippen LogP) is 4.19.